The zero-order valence-electron chi connectivity index (χ0n) is 13.4. The average Bonchev–Trinajstić information content (AvgIpc) is 2.54. The number of hydrogen-bond donors (Lipinski definition) is 1. The molecule has 1 amide bonds. The summed E-state index contributed by atoms with van der Waals surface area (Å²) in [6.07, 6.45) is -4.41. The van der Waals surface area contributed by atoms with Crippen molar-refractivity contribution in [3.8, 4) is 5.75 Å². The van der Waals surface area contributed by atoms with Gasteiger partial charge in [0.2, 0.25) is 0 Å². The van der Waals surface area contributed by atoms with E-state index in [9.17, 15) is 18.0 Å². The Hall–Kier alpha value is -2.50. The van der Waals surface area contributed by atoms with Crippen molar-refractivity contribution < 1.29 is 22.7 Å². The van der Waals surface area contributed by atoms with Crippen molar-refractivity contribution in [2.45, 2.75) is 20.0 Å². The summed E-state index contributed by atoms with van der Waals surface area (Å²) in [5.74, 6) is 0.272. The van der Waals surface area contributed by atoms with Gasteiger partial charge in [-0.05, 0) is 61.4 Å². The summed E-state index contributed by atoms with van der Waals surface area (Å²) in [6.45, 7) is 4.51. The van der Waals surface area contributed by atoms with E-state index in [-0.39, 0.29) is 18.7 Å². The summed E-state index contributed by atoms with van der Waals surface area (Å²) in [5, 5.41) is 2.61. The van der Waals surface area contributed by atoms with Crippen molar-refractivity contribution >= 4 is 5.91 Å². The van der Waals surface area contributed by atoms with Gasteiger partial charge >= 0.3 is 6.18 Å². The molecule has 0 atom stereocenters. The number of rotatable bonds is 5. The standard InChI is InChI=1S/C18H18F3NO2/c1-12-3-8-16(11-13(12)2)24-10-9-22-17(23)14-4-6-15(7-5-14)18(19,20)21/h3-8,11H,9-10H2,1-2H3,(H,22,23). The van der Waals surface area contributed by atoms with Gasteiger partial charge in [0.05, 0.1) is 12.1 Å². The highest BCUT2D eigenvalue weighted by Crippen LogP contribution is 2.29. The predicted octanol–water partition coefficient (Wildman–Crippen LogP) is 4.13. The Morgan fingerprint density at radius 3 is 2.29 bits per heavy atom. The van der Waals surface area contributed by atoms with Crippen LogP contribution in [0.25, 0.3) is 0 Å². The van der Waals surface area contributed by atoms with Gasteiger partial charge in [0, 0.05) is 5.56 Å². The lowest BCUT2D eigenvalue weighted by molar-refractivity contribution is -0.137. The highest BCUT2D eigenvalue weighted by molar-refractivity contribution is 5.94. The van der Waals surface area contributed by atoms with Crippen LogP contribution in [0.15, 0.2) is 42.5 Å². The zero-order valence-corrected chi connectivity index (χ0v) is 13.4. The largest absolute Gasteiger partial charge is 0.492 e. The number of amides is 1. The Morgan fingerprint density at radius 2 is 1.71 bits per heavy atom. The van der Waals surface area contributed by atoms with Gasteiger partial charge < -0.3 is 10.1 Å². The van der Waals surface area contributed by atoms with Crippen LogP contribution in [-0.4, -0.2) is 19.1 Å². The first-order chi connectivity index (χ1) is 11.3. The molecule has 1 N–H and O–H groups in total. The van der Waals surface area contributed by atoms with Crippen molar-refractivity contribution in [1.82, 2.24) is 5.32 Å². The fourth-order valence-electron chi connectivity index (χ4n) is 2.05. The molecule has 0 aliphatic carbocycles. The van der Waals surface area contributed by atoms with Gasteiger partial charge in [-0.1, -0.05) is 6.07 Å². The summed E-state index contributed by atoms with van der Waals surface area (Å²) in [7, 11) is 0. The van der Waals surface area contributed by atoms with Crippen LogP contribution in [0.1, 0.15) is 27.0 Å². The third-order valence-corrected chi connectivity index (χ3v) is 3.61. The van der Waals surface area contributed by atoms with E-state index in [0.29, 0.717) is 5.75 Å². The molecule has 0 bridgehead atoms. The van der Waals surface area contributed by atoms with Crippen LogP contribution >= 0.6 is 0 Å². The van der Waals surface area contributed by atoms with E-state index in [4.69, 9.17) is 4.74 Å². The van der Waals surface area contributed by atoms with Crippen LogP contribution in [0, 0.1) is 13.8 Å². The highest BCUT2D eigenvalue weighted by atomic mass is 19.4. The van der Waals surface area contributed by atoms with E-state index in [2.05, 4.69) is 5.32 Å². The highest BCUT2D eigenvalue weighted by Gasteiger charge is 2.30. The number of alkyl halides is 3. The maximum Gasteiger partial charge on any atom is 0.416 e. The molecule has 2 aromatic carbocycles. The lowest BCUT2D eigenvalue weighted by atomic mass is 10.1. The molecule has 6 heteroatoms. The second kappa shape index (κ2) is 7.38. The Labute approximate surface area is 138 Å². The van der Waals surface area contributed by atoms with E-state index in [1.165, 1.54) is 0 Å². The first-order valence-corrected chi connectivity index (χ1v) is 7.43. The topological polar surface area (TPSA) is 38.3 Å². The maximum atomic E-state index is 12.5. The van der Waals surface area contributed by atoms with E-state index in [1.807, 2.05) is 32.0 Å². The molecule has 0 aliphatic heterocycles. The monoisotopic (exact) mass is 337 g/mol. The molecule has 0 aromatic heterocycles. The Bertz CT molecular complexity index is 709. The molecular formula is C18H18F3NO2. The molecule has 128 valence electrons. The van der Waals surface area contributed by atoms with Crippen molar-refractivity contribution in [2.24, 2.45) is 0 Å². The van der Waals surface area contributed by atoms with Crippen LogP contribution in [0.3, 0.4) is 0 Å². The number of carbonyl (C=O) groups excluding carboxylic acids is 1. The lowest BCUT2D eigenvalue weighted by Gasteiger charge is -2.10. The molecule has 0 spiro atoms. The summed E-state index contributed by atoms with van der Waals surface area (Å²) in [4.78, 5) is 11.9. The molecular weight excluding hydrogens is 319 g/mol. The third kappa shape index (κ3) is 4.75. The number of ether oxygens (including phenoxy) is 1. The van der Waals surface area contributed by atoms with E-state index in [1.54, 1.807) is 0 Å². The van der Waals surface area contributed by atoms with E-state index in [0.717, 1.165) is 35.4 Å². The SMILES string of the molecule is Cc1ccc(OCCNC(=O)c2ccc(C(F)(F)F)cc2)cc1C. The second-order valence-corrected chi connectivity index (χ2v) is 5.43. The van der Waals surface area contributed by atoms with Gasteiger partial charge in [-0.15, -0.1) is 0 Å². The Morgan fingerprint density at radius 1 is 1.04 bits per heavy atom. The number of aryl methyl sites for hydroxylation is 2. The summed E-state index contributed by atoms with van der Waals surface area (Å²) >= 11 is 0. The normalized spacial score (nSPS) is 11.2. The minimum absolute atomic E-state index is 0.175. The quantitative estimate of drug-likeness (QED) is 0.833. The maximum absolute atomic E-state index is 12.5. The molecule has 0 fully saturated rings. The first kappa shape index (κ1) is 17.8. The molecule has 3 nitrogen and oxygen atoms in total. The van der Waals surface area contributed by atoms with Crippen molar-refractivity contribution in [3.63, 3.8) is 0 Å². The van der Waals surface area contributed by atoms with Crippen molar-refractivity contribution in [2.75, 3.05) is 13.2 Å². The van der Waals surface area contributed by atoms with Crippen LogP contribution < -0.4 is 10.1 Å². The van der Waals surface area contributed by atoms with Crippen molar-refractivity contribution in [3.05, 3.63) is 64.7 Å². The van der Waals surface area contributed by atoms with Gasteiger partial charge in [0.25, 0.3) is 5.91 Å². The van der Waals surface area contributed by atoms with Crippen LogP contribution in [-0.2, 0) is 6.18 Å². The predicted molar refractivity (Wildman–Crippen MR) is 85.2 cm³/mol. The van der Waals surface area contributed by atoms with Crippen LogP contribution in [0.4, 0.5) is 13.2 Å². The second-order valence-electron chi connectivity index (χ2n) is 5.43. The smallest absolute Gasteiger partial charge is 0.416 e. The van der Waals surface area contributed by atoms with Gasteiger partial charge in [-0.3, -0.25) is 4.79 Å². The van der Waals surface area contributed by atoms with Gasteiger partial charge in [0.15, 0.2) is 0 Å². The Balaban J connectivity index is 1.81. The number of benzene rings is 2. The van der Waals surface area contributed by atoms with Crippen LogP contribution in [0.5, 0.6) is 5.75 Å². The fourth-order valence-corrected chi connectivity index (χ4v) is 2.05. The molecule has 0 saturated carbocycles. The van der Waals surface area contributed by atoms with E-state index >= 15 is 0 Å². The molecule has 0 unspecified atom stereocenters. The third-order valence-electron chi connectivity index (χ3n) is 3.61. The molecule has 0 saturated heterocycles. The van der Waals surface area contributed by atoms with E-state index < -0.39 is 17.6 Å². The molecule has 0 aliphatic rings. The minimum atomic E-state index is -4.41. The lowest BCUT2D eigenvalue weighted by Crippen LogP contribution is -2.28. The average molecular weight is 337 g/mol. The van der Waals surface area contributed by atoms with Crippen molar-refractivity contribution in [1.29, 1.82) is 0 Å². The van der Waals surface area contributed by atoms with Gasteiger partial charge in [0.1, 0.15) is 12.4 Å². The molecule has 24 heavy (non-hydrogen) atoms. The summed E-state index contributed by atoms with van der Waals surface area (Å²) < 4.78 is 42.9. The first-order valence-electron chi connectivity index (χ1n) is 7.43. The Kier molecular flexibility index (Phi) is 5.49. The number of hydrogen-bond acceptors (Lipinski definition) is 2. The summed E-state index contributed by atoms with van der Waals surface area (Å²) in [5.41, 5.74) is 1.67. The zero-order chi connectivity index (χ0) is 17.7. The number of nitrogens with one attached hydrogen (secondary N) is 1. The fraction of sp³-hybridized carbons (Fsp3) is 0.278. The minimum Gasteiger partial charge on any atom is -0.492 e. The summed E-state index contributed by atoms with van der Waals surface area (Å²) in [6, 6.07) is 9.80. The van der Waals surface area contributed by atoms with Crippen LogP contribution in [0.2, 0.25) is 0 Å². The molecule has 2 rings (SSSR count). The van der Waals surface area contributed by atoms with Gasteiger partial charge in [-0.25, -0.2) is 0 Å². The molecule has 0 heterocycles. The molecule has 2 aromatic rings. The molecule has 0 radical (unpaired) electrons. The van der Waals surface area contributed by atoms with Gasteiger partial charge in [-0.2, -0.15) is 13.2 Å². The number of halogens is 3. The number of carbonyl (C=O) groups is 1.